The maximum Gasteiger partial charge on any atom is 0.259 e. The van der Waals surface area contributed by atoms with Gasteiger partial charge >= 0.3 is 0 Å². The third-order valence-corrected chi connectivity index (χ3v) is 3.69. The van der Waals surface area contributed by atoms with Gasteiger partial charge in [-0.25, -0.2) is 5.43 Å². The number of benzene rings is 2. The van der Waals surface area contributed by atoms with Gasteiger partial charge < -0.3 is 19.5 Å². The zero-order chi connectivity index (χ0) is 17.6. The second-order valence-electron chi connectivity index (χ2n) is 5.35. The Kier molecular flexibility index (Phi) is 5.03. The van der Waals surface area contributed by atoms with Crippen LogP contribution in [-0.4, -0.2) is 32.1 Å². The summed E-state index contributed by atoms with van der Waals surface area (Å²) in [4.78, 5) is 12.0. The van der Waals surface area contributed by atoms with Crippen molar-refractivity contribution < 1.29 is 19.0 Å². The number of amides is 1. The number of ether oxygens (including phenoxy) is 3. The van der Waals surface area contributed by atoms with Gasteiger partial charge in [0.25, 0.3) is 5.91 Å². The molecule has 1 heterocycles. The molecule has 0 saturated heterocycles. The van der Waals surface area contributed by atoms with Crippen molar-refractivity contribution in [3.8, 4) is 17.2 Å². The van der Waals surface area contributed by atoms with Gasteiger partial charge in [-0.15, -0.1) is 0 Å². The number of hydrogen-bond acceptors (Lipinski definition) is 6. The molecular weight excluding hydrogens is 322 g/mol. The lowest BCUT2D eigenvalue weighted by Gasteiger charge is -2.10. The Balaban J connectivity index is 1.56. The van der Waals surface area contributed by atoms with E-state index < -0.39 is 0 Å². The number of anilines is 1. The van der Waals surface area contributed by atoms with Gasteiger partial charge in [0.15, 0.2) is 11.5 Å². The van der Waals surface area contributed by atoms with Gasteiger partial charge in [-0.1, -0.05) is 12.1 Å². The summed E-state index contributed by atoms with van der Waals surface area (Å²) in [6, 6.07) is 12.9. The Morgan fingerprint density at radius 2 is 2.00 bits per heavy atom. The summed E-state index contributed by atoms with van der Waals surface area (Å²) in [7, 11) is 1.58. The molecule has 0 bridgehead atoms. The molecule has 130 valence electrons. The standard InChI is InChI=1S/C18H19N3O4/c1-12(13-7-8-16-17(9-13)25-11-24-16)20-21-18(22)10-19-14-5-3-4-6-15(14)23-2/h3-9,19H,10-11H2,1-2H3,(H,21,22)/b20-12-. The number of nitrogens with one attached hydrogen (secondary N) is 2. The number of para-hydroxylation sites is 2. The molecule has 2 N–H and O–H groups in total. The summed E-state index contributed by atoms with van der Waals surface area (Å²) < 4.78 is 15.8. The molecule has 0 unspecified atom stereocenters. The molecule has 0 saturated carbocycles. The lowest BCUT2D eigenvalue weighted by molar-refractivity contribution is -0.119. The fourth-order valence-corrected chi connectivity index (χ4v) is 2.34. The van der Waals surface area contributed by atoms with E-state index in [9.17, 15) is 4.79 Å². The van der Waals surface area contributed by atoms with Crippen LogP contribution in [0.15, 0.2) is 47.6 Å². The number of nitrogens with zero attached hydrogens (tertiary/aromatic N) is 1. The number of rotatable bonds is 6. The lowest BCUT2D eigenvalue weighted by atomic mass is 10.1. The highest BCUT2D eigenvalue weighted by Crippen LogP contribution is 2.32. The minimum absolute atomic E-state index is 0.0816. The maximum atomic E-state index is 12.0. The molecule has 2 aromatic rings. The van der Waals surface area contributed by atoms with E-state index in [4.69, 9.17) is 14.2 Å². The summed E-state index contributed by atoms with van der Waals surface area (Å²) in [5.74, 6) is 1.80. The molecule has 0 aromatic heterocycles. The molecule has 25 heavy (non-hydrogen) atoms. The molecule has 0 fully saturated rings. The first-order valence-electron chi connectivity index (χ1n) is 7.77. The SMILES string of the molecule is COc1ccccc1NCC(=O)N/N=C(/C)c1ccc2c(c1)OCO2. The van der Waals surface area contributed by atoms with Crippen molar-refractivity contribution >= 4 is 17.3 Å². The zero-order valence-electron chi connectivity index (χ0n) is 14.0. The molecule has 7 nitrogen and oxygen atoms in total. The molecule has 0 aliphatic carbocycles. The highest BCUT2D eigenvalue weighted by molar-refractivity contribution is 6.00. The van der Waals surface area contributed by atoms with Crippen molar-refractivity contribution in [2.45, 2.75) is 6.92 Å². The molecule has 1 aliphatic rings. The molecule has 0 atom stereocenters. The number of carbonyl (C=O) groups is 1. The molecular formula is C18H19N3O4. The quantitative estimate of drug-likeness (QED) is 0.623. The normalized spacial score (nSPS) is 12.6. The van der Waals surface area contributed by atoms with Crippen molar-refractivity contribution in [1.29, 1.82) is 0 Å². The van der Waals surface area contributed by atoms with Gasteiger partial charge in [0.1, 0.15) is 5.75 Å². The van der Waals surface area contributed by atoms with E-state index in [0.29, 0.717) is 23.0 Å². The monoisotopic (exact) mass is 341 g/mol. The van der Waals surface area contributed by atoms with E-state index in [-0.39, 0.29) is 19.2 Å². The largest absolute Gasteiger partial charge is 0.495 e. The van der Waals surface area contributed by atoms with Crippen LogP contribution in [0.25, 0.3) is 0 Å². The van der Waals surface area contributed by atoms with Crippen molar-refractivity contribution in [3.05, 3.63) is 48.0 Å². The third kappa shape index (κ3) is 4.00. The molecule has 3 rings (SSSR count). The fourth-order valence-electron chi connectivity index (χ4n) is 2.34. The zero-order valence-corrected chi connectivity index (χ0v) is 14.0. The van der Waals surface area contributed by atoms with Crippen LogP contribution in [0.5, 0.6) is 17.2 Å². The van der Waals surface area contributed by atoms with E-state index in [1.807, 2.05) is 49.4 Å². The summed E-state index contributed by atoms with van der Waals surface area (Å²) in [6.45, 7) is 2.12. The number of carbonyl (C=O) groups excluding carboxylic acids is 1. The highest BCUT2D eigenvalue weighted by atomic mass is 16.7. The number of methoxy groups -OCH3 is 1. The van der Waals surface area contributed by atoms with Crippen LogP contribution in [0.2, 0.25) is 0 Å². The molecule has 0 spiro atoms. The first-order valence-corrected chi connectivity index (χ1v) is 7.77. The number of hydrazone groups is 1. The average Bonchev–Trinajstić information content (AvgIpc) is 3.12. The van der Waals surface area contributed by atoms with Crippen molar-refractivity contribution in [2.75, 3.05) is 25.8 Å². The third-order valence-electron chi connectivity index (χ3n) is 3.69. The van der Waals surface area contributed by atoms with E-state index in [1.54, 1.807) is 7.11 Å². The topological polar surface area (TPSA) is 81.2 Å². The van der Waals surface area contributed by atoms with Crippen LogP contribution < -0.4 is 25.0 Å². The van der Waals surface area contributed by atoms with Crippen LogP contribution >= 0.6 is 0 Å². The molecule has 2 aromatic carbocycles. The van der Waals surface area contributed by atoms with Gasteiger partial charge in [-0.3, -0.25) is 4.79 Å². The van der Waals surface area contributed by atoms with E-state index >= 15 is 0 Å². The summed E-state index contributed by atoms with van der Waals surface area (Å²) in [5, 5.41) is 7.14. The summed E-state index contributed by atoms with van der Waals surface area (Å²) in [5.41, 5.74) is 4.80. The minimum Gasteiger partial charge on any atom is -0.495 e. The Labute approximate surface area is 145 Å². The minimum atomic E-state index is -0.258. The van der Waals surface area contributed by atoms with Crippen molar-refractivity contribution in [3.63, 3.8) is 0 Å². The van der Waals surface area contributed by atoms with Crippen LogP contribution in [0.3, 0.4) is 0 Å². The smallest absolute Gasteiger partial charge is 0.259 e. The van der Waals surface area contributed by atoms with Crippen molar-refractivity contribution in [2.24, 2.45) is 5.10 Å². The van der Waals surface area contributed by atoms with Gasteiger partial charge in [0, 0.05) is 5.56 Å². The fraction of sp³-hybridized carbons (Fsp3) is 0.222. The van der Waals surface area contributed by atoms with E-state index in [2.05, 4.69) is 15.8 Å². The highest BCUT2D eigenvalue weighted by Gasteiger charge is 2.14. The van der Waals surface area contributed by atoms with Gasteiger partial charge in [0.05, 0.1) is 25.1 Å². The van der Waals surface area contributed by atoms with Crippen LogP contribution in [0, 0.1) is 0 Å². The summed E-state index contributed by atoms with van der Waals surface area (Å²) >= 11 is 0. The van der Waals surface area contributed by atoms with E-state index in [1.165, 1.54) is 0 Å². The summed E-state index contributed by atoms with van der Waals surface area (Å²) in [6.07, 6.45) is 0. The van der Waals surface area contributed by atoms with Gasteiger partial charge in [-0.2, -0.15) is 5.10 Å². The first kappa shape index (κ1) is 16.6. The Hall–Kier alpha value is -3.22. The van der Waals surface area contributed by atoms with Crippen molar-refractivity contribution in [1.82, 2.24) is 5.43 Å². The average molecular weight is 341 g/mol. The Bertz CT molecular complexity index is 805. The first-order chi connectivity index (χ1) is 12.2. The van der Waals surface area contributed by atoms with Crippen LogP contribution in [0.1, 0.15) is 12.5 Å². The van der Waals surface area contributed by atoms with Crippen LogP contribution in [-0.2, 0) is 4.79 Å². The molecule has 0 radical (unpaired) electrons. The second-order valence-corrected chi connectivity index (χ2v) is 5.35. The molecule has 7 heteroatoms. The lowest BCUT2D eigenvalue weighted by Crippen LogP contribution is -2.26. The predicted octanol–water partition coefficient (Wildman–Crippen LogP) is 2.38. The number of hydrogen-bond donors (Lipinski definition) is 2. The van der Waals surface area contributed by atoms with E-state index in [0.717, 1.165) is 11.3 Å². The van der Waals surface area contributed by atoms with Gasteiger partial charge in [0.2, 0.25) is 6.79 Å². The molecule has 1 aliphatic heterocycles. The maximum absolute atomic E-state index is 12.0. The number of fused-ring (bicyclic) bond motifs is 1. The second kappa shape index (κ2) is 7.57. The Morgan fingerprint density at radius 1 is 1.20 bits per heavy atom. The Morgan fingerprint density at radius 3 is 2.84 bits per heavy atom. The van der Waals surface area contributed by atoms with Crippen LogP contribution in [0.4, 0.5) is 5.69 Å². The predicted molar refractivity (Wildman–Crippen MR) is 94.4 cm³/mol. The van der Waals surface area contributed by atoms with Gasteiger partial charge in [-0.05, 0) is 37.3 Å². The molecule has 1 amide bonds.